The van der Waals surface area contributed by atoms with Gasteiger partial charge in [-0.3, -0.25) is 19.2 Å². The molecular formula is C17H16N2O7. The molecule has 0 aromatic heterocycles. The van der Waals surface area contributed by atoms with Crippen LogP contribution >= 0.6 is 0 Å². The Labute approximate surface area is 147 Å². The second-order valence-corrected chi connectivity index (χ2v) is 7.99. The number of carbonyl (C=O) groups is 5. The molecule has 6 saturated heterocycles. The molecule has 4 bridgehead atoms. The van der Waals surface area contributed by atoms with E-state index in [4.69, 9.17) is 9.47 Å². The molecule has 0 N–H and O–H groups in total. The number of amides is 6. The molecule has 0 spiro atoms. The third kappa shape index (κ3) is 1.49. The van der Waals surface area contributed by atoms with Crippen molar-refractivity contribution in [2.24, 2.45) is 23.7 Å². The highest BCUT2D eigenvalue weighted by molar-refractivity contribution is 6.25. The molecule has 0 radical (unpaired) electrons. The van der Waals surface area contributed by atoms with E-state index in [1.54, 1.807) is 0 Å². The Bertz CT molecular complexity index is 689. The number of fused-ring (bicyclic) bond motifs is 10. The van der Waals surface area contributed by atoms with Crippen molar-refractivity contribution in [3.63, 3.8) is 0 Å². The molecule has 136 valence electrons. The van der Waals surface area contributed by atoms with Gasteiger partial charge in [0.15, 0.2) is 0 Å². The van der Waals surface area contributed by atoms with Crippen LogP contribution in [-0.4, -0.2) is 63.9 Å². The van der Waals surface area contributed by atoms with Gasteiger partial charge in [-0.1, -0.05) is 0 Å². The molecule has 0 aliphatic carbocycles. The number of imide groups is 6. The Morgan fingerprint density at radius 2 is 0.885 bits per heavy atom. The first-order chi connectivity index (χ1) is 12.5. The summed E-state index contributed by atoms with van der Waals surface area (Å²) in [6.45, 7) is 0. The van der Waals surface area contributed by atoms with Gasteiger partial charge >= 0.3 is 6.03 Å². The number of hydrogen-bond donors (Lipinski definition) is 0. The maximum atomic E-state index is 12.9. The van der Waals surface area contributed by atoms with Gasteiger partial charge in [-0.2, -0.15) is 9.80 Å². The third-order valence-corrected chi connectivity index (χ3v) is 6.95. The highest BCUT2D eigenvalue weighted by Gasteiger charge is 2.68. The standard InChI is InChI=1S/C17H16N2O7/c20-13-9-5-1-2-6(25-5)10(9)14(21)18(13)17(24)19-15(22)11-7-3-4-8(26-7)12(11)16(19)23/h5-12H,1-4H2/t5-,6-,7+,8+,9-,10+,11-,12+. The zero-order valence-corrected chi connectivity index (χ0v) is 13.7. The van der Waals surface area contributed by atoms with Gasteiger partial charge in [-0.05, 0) is 25.7 Å². The van der Waals surface area contributed by atoms with Crippen LogP contribution in [0.25, 0.3) is 0 Å². The van der Waals surface area contributed by atoms with Crippen molar-refractivity contribution in [1.82, 2.24) is 9.80 Å². The Morgan fingerprint density at radius 1 is 0.615 bits per heavy atom. The average molecular weight is 360 g/mol. The van der Waals surface area contributed by atoms with Gasteiger partial charge in [-0.25, -0.2) is 4.79 Å². The van der Waals surface area contributed by atoms with Crippen LogP contribution in [0.3, 0.4) is 0 Å². The Kier molecular flexibility index (Phi) is 2.64. The van der Waals surface area contributed by atoms with Gasteiger partial charge in [-0.15, -0.1) is 0 Å². The summed E-state index contributed by atoms with van der Waals surface area (Å²) in [5.74, 6) is -5.26. The van der Waals surface area contributed by atoms with Crippen molar-refractivity contribution in [2.75, 3.05) is 0 Å². The lowest BCUT2D eigenvalue weighted by atomic mass is 9.81. The molecule has 0 aromatic carbocycles. The van der Waals surface area contributed by atoms with Gasteiger partial charge in [0.05, 0.1) is 48.1 Å². The predicted octanol–water partition coefficient (Wildman–Crippen LogP) is -0.569. The maximum absolute atomic E-state index is 12.9. The molecule has 6 amide bonds. The van der Waals surface area contributed by atoms with E-state index in [1.807, 2.05) is 0 Å². The second-order valence-electron chi connectivity index (χ2n) is 7.99. The molecule has 6 heterocycles. The van der Waals surface area contributed by atoms with Crippen molar-refractivity contribution in [1.29, 1.82) is 0 Å². The maximum Gasteiger partial charge on any atom is 0.347 e. The molecule has 26 heavy (non-hydrogen) atoms. The zero-order valence-electron chi connectivity index (χ0n) is 13.7. The monoisotopic (exact) mass is 360 g/mol. The van der Waals surface area contributed by atoms with Crippen LogP contribution in [0.2, 0.25) is 0 Å². The van der Waals surface area contributed by atoms with Crippen LogP contribution in [0, 0.1) is 23.7 Å². The minimum atomic E-state index is -1.11. The molecule has 0 unspecified atom stereocenters. The molecular weight excluding hydrogens is 344 g/mol. The van der Waals surface area contributed by atoms with Gasteiger partial charge in [0, 0.05) is 0 Å². The molecule has 0 aromatic rings. The fourth-order valence-corrected chi connectivity index (χ4v) is 5.90. The van der Waals surface area contributed by atoms with Gasteiger partial charge in [0.25, 0.3) is 0 Å². The van der Waals surface area contributed by atoms with Crippen LogP contribution in [0.5, 0.6) is 0 Å². The van der Waals surface area contributed by atoms with Crippen molar-refractivity contribution in [3.05, 3.63) is 0 Å². The largest absolute Gasteiger partial charge is 0.373 e. The lowest BCUT2D eigenvalue weighted by Crippen LogP contribution is -2.51. The number of rotatable bonds is 0. The number of hydrogen-bond acceptors (Lipinski definition) is 7. The molecule has 6 aliphatic rings. The Hall–Kier alpha value is -2.13. The minimum absolute atomic E-state index is 0.354. The van der Waals surface area contributed by atoms with Crippen molar-refractivity contribution in [3.8, 4) is 0 Å². The highest BCUT2D eigenvalue weighted by Crippen LogP contribution is 2.51. The van der Waals surface area contributed by atoms with Crippen LogP contribution in [0.1, 0.15) is 25.7 Å². The van der Waals surface area contributed by atoms with Crippen molar-refractivity contribution >= 4 is 29.7 Å². The summed E-state index contributed by atoms with van der Waals surface area (Å²) >= 11 is 0. The molecule has 9 nitrogen and oxygen atoms in total. The van der Waals surface area contributed by atoms with Gasteiger partial charge < -0.3 is 9.47 Å². The van der Waals surface area contributed by atoms with E-state index in [0.717, 1.165) is 0 Å². The molecule has 8 atom stereocenters. The van der Waals surface area contributed by atoms with Gasteiger partial charge in [0.1, 0.15) is 0 Å². The number of carbonyl (C=O) groups excluding carboxylic acids is 5. The average Bonchev–Trinajstić information content (AvgIpc) is 3.41. The highest BCUT2D eigenvalue weighted by atomic mass is 16.5. The first-order valence-corrected chi connectivity index (χ1v) is 9.09. The fraction of sp³-hybridized carbons (Fsp3) is 0.706. The van der Waals surface area contributed by atoms with E-state index in [1.165, 1.54) is 0 Å². The second kappa shape index (κ2) is 4.58. The van der Waals surface area contributed by atoms with E-state index in [0.29, 0.717) is 35.5 Å². The summed E-state index contributed by atoms with van der Waals surface area (Å²) < 4.78 is 11.3. The lowest BCUT2D eigenvalue weighted by molar-refractivity contribution is -0.142. The molecule has 9 heteroatoms. The van der Waals surface area contributed by atoms with Crippen molar-refractivity contribution < 1.29 is 33.4 Å². The zero-order chi connectivity index (χ0) is 17.9. The normalized spacial score (nSPS) is 48.2. The van der Waals surface area contributed by atoms with Gasteiger partial charge in [0.2, 0.25) is 23.6 Å². The molecule has 6 aliphatic heterocycles. The van der Waals surface area contributed by atoms with E-state index in [2.05, 4.69) is 0 Å². The summed E-state index contributed by atoms with van der Waals surface area (Å²) in [5, 5.41) is 0. The first kappa shape index (κ1) is 15.0. The number of nitrogens with zero attached hydrogens (tertiary/aromatic N) is 2. The quantitative estimate of drug-likeness (QED) is 0.532. The summed E-state index contributed by atoms with van der Waals surface area (Å²) in [7, 11) is 0. The molecule has 6 rings (SSSR count). The van der Waals surface area contributed by atoms with Crippen LogP contribution in [0.4, 0.5) is 4.79 Å². The predicted molar refractivity (Wildman–Crippen MR) is 78.9 cm³/mol. The lowest BCUT2D eigenvalue weighted by Gasteiger charge is -2.21. The number of likely N-dealkylation sites (tertiary alicyclic amines) is 2. The summed E-state index contributed by atoms with van der Waals surface area (Å²) in [4.78, 5) is 64.8. The van der Waals surface area contributed by atoms with Crippen molar-refractivity contribution in [2.45, 2.75) is 50.1 Å². The van der Waals surface area contributed by atoms with E-state index < -0.39 is 53.3 Å². The number of urea groups is 1. The molecule has 6 fully saturated rings. The SMILES string of the molecule is O=C1[C@@H]2[C@H](C(=O)N1C(=O)N1C(=O)[C@@H]3[C@H](C1=O)[C@H]1CC[C@H]3O1)[C@@H]1CC[C@@H]2O1. The number of ether oxygens (including phenoxy) is 2. The van der Waals surface area contributed by atoms with E-state index in [9.17, 15) is 24.0 Å². The van der Waals surface area contributed by atoms with E-state index >= 15 is 0 Å². The summed E-state index contributed by atoms with van der Waals surface area (Å²) in [6, 6.07) is -1.11. The smallest absolute Gasteiger partial charge is 0.347 e. The third-order valence-electron chi connectivity index (χ3n) is 6.95. The minimum Gasteiger partial charge on any atom is -0.373 e. The van der Waals surface area contributed by atoms with Crippen LogP contribution in [-0.2, 0) is 28.7 Å². The van der Waals surface area contributed by atoms with Crippen LogP contribution < -0.4 is 0 Å². The van der Waals surface area contributed by atoms with Crippen LogP contribution in [0.15, 0.2) is 0 Å². The molecule has 0 saturated carbocycles. The topological polar surface area (TPSA) is 110 Å². The summed E-state index contributed by atoms with van der Waals surface area (Å²) in [5.41, 5.74) is 0. The summed E-state index contributed by atoms with van der Waals surface area (Å²) in [6.07, 6.45) is 1.30. The fourth-order valence-electron chi connectivity index (χ4n) is 5.90. The van der Waals surface area contributed by atoms with E-state index in [-0.39, 0.29) is 24.4 Å². The Morgan fingerprint density at radius 3 is 1.15 bits per heavy atom. The Balaban J connectivity index is 1.33. The first-order valence-electron chi connectivity index (χ1n) is 9.09.